The molecule has 7 nitrogen and oxygen atoms in total. The highest BCUT2D eigenvalue weighted by molar-refractivity contribution is 5.75. The highest BCUT2D eigenvalue weighted by Gasteiger charge is 2.18. The molecule has 1 amide bonds. The summed E-state index contributed by atoms with van der Waals surface area (Å²) in [5, 5.41) is 3.08. The smallest absolute Gasteiger partial charge is 0.256 e. The third kappa shape index (κ3) is 3.99. The Bertz CT molecular complexity index is 829. The summed E-state index contributed by atoms with van der Waals surface area (Å²) in [7, 11) is 3.47. The number of hydrogen-bond acceptors (Lipinski definition) is 5. The van der Waals surface area contributed by atoms with Crippen molar-refractivity contribution >= 4 is 11.9 Å². The van der Waals surface area contributed by atoms with E-state index in [4.69, 9.17) is 4.74 Å². The largest absolute Gasteiger partial charge is 0.487 e. The molecule has 0 fully saturated rings. The molecule has 2 N–H and O–H groups in total. The number of fused-ring (bicyclic) bond motifs is 2. The van der Waals surface area contributed by atoms with E-state index in [1.807, 2.05) is 24.3 Å². The normalized spacial score (nSPS) is 12.4. The SMILES string of the molecule is CN(C)C(=O)CCCNc1nc2c(c(=O)[nH]1)Cc1ccccc1OC2. The zero-order valence-electron chi connectivity index (χ0n) is 14.5. The number of hydrogen-bond donors (Lipinski definition) is 2. The van der Waals surface area contributed by atoms with Crippen LogP contribution in [0.4, 0.5) is 5.95 Å². The monoisotopic (exact) mass is 342 g/mol. The van der Waals surface area contributed by atoms with E-state index in [1.165, 1.54) is 0 Å². The van der Waals surface area contributed by atoms with Crippen LogP contribution in [0.25, 0.3) is 0 Å². The molecule has 1 aliphatic heterocycles. The molecule has 0 saturated carbocycles. The van der Waals surface area contributed by atoms with Gasteiger partial charge in [-0.15, -0.1) is 0 Å². The number of aromatic amines is 1. The number of carbonyl (C=O) groups is 1. The second kappa shape index (κ2) is 7.38. The number of para-hydroxylation sites is 1. The van der Waals surface area contributed by atoms with Crippen molar-refractivity contribution in [2.45, 2.75) is 25.9 Å². The molecule has 0 bridgehead atoms. The number of aromatic nitrogens is 2. The highest BCUT2D eigenvalue weighted by Crippen LogP contribution is 2.25. The summed E-state index contributed by atoms with van der Waals surface area (Å²) in [4.78, 5) is 32.8. The van der Waals surface area contributed by atoms with E-state index in [0.29, 0.717) is 43.0 Å². The van der Waals surface area contributed by atoms with Gasteiger partial charge in [-0.05, 0) is 18.1 Å². The molecule has 3 rings (SSSR count). The maximum atomic E-state index is 12.4. The van der Waals surface area contributed by atoms with Crippen molar-refractivity contribution in [3.63, 3.8) is 0 Å². The summed E-state index contributed by atoms with van der Waals surface area (Å²) in [6.07, 6.45) is 1.62. The minimum Gasteiger partial charge on any atom is -0.487 e. The number of rotatable bonds is 5. The molecule has 1 aromatic carbocycles. The summed E-state index contributed by atoms with van der Waals surface area (Å²) in [6, 6.07) is 7.70. The van der Waals surface area contributed by atoms with Crippen LogP contribution in [0.5, 0.6) is 5.75 Å². The summed E-state index contributed by atoms with van der Waals surface area (Å²) >= 11 is 0. The maximum absolute atomic E-state index is 12.4. The van der Waals surface area contributed by atoms with Crippen molar-refractivity contribution < 1.29 is 9.53 Å². The Kier molecular flexibility index (Phi) is 5.02. The van der Waals surface area contributed by atoms with Crippen molar-refractivity contribution in [1.29, 1.82) is 0 Å². The quantitative estimate of drug-likeness (QED) is 0.805. The fourth-order valence-corrected chi connectivity index (χ4v) is 2.73. The van der Waals surface area contributed by atoms with E-state index in [2.05, 4.69) is 15.3 Å². The molecule has 2 aromatic rings. The number of H-pyrrole nitrogens is 1. The third-order valence-corrected chi connectivity index (χ3v) is 4.16. The average Bonchev–Trinajstić information content (AvgIpc) is 2.78. The highest BCUT2D eigenvalue weighted by atomic mass is 16.5. The molecule has 132 valence electrons. The summed E-state index contributed by atoms with van der Waals surface area (Å²) in [6.45, 7) is 0.826. The molecule has 1 aromatic heterocycles. The Morgan fingerprint density at radius 1 is 1.36 bits per heavy atom. The van der Waals surface area contributed by atoms with Crippen molar-refractivity contribution in [3.8, 4) is 5.75 Å². The summed E-state index contributed by atoms with van der Waals surface area (Å²) < 4.78 is 5.78. The second-order valence-corrected chi connectivity index (χ2v) is 6.23. The van der Waals surface area contributed by atoms with Crippen molar-refractivity contribution in [1.82, 2.24) is 14.9 Å². The molecule has 0 atom stereocenters. The number of benzene rings is 1. The number of carbonyl (C=O) groups excluding carboxylic acids is 1. The Hall–Kier alpha value is -2.83. The van der Waals surface area contributed by atoms with Gasteiger partial charge in [0, 0.05) is 39.0 Å². The fraction of sp³-hybridized carbons (Fsp3) is 0.389. The lowest BCUT2D eigenvalue weighted by Crippen LogP contribution is -2.23. The van der Waals surface area contributed by atoms with Gasteiger partial charge in [0.2, 0.25) is 11.9 Å². The van der Waals surface area contributed by atoms with Gasteiger partial charge in [0.15, 0.2) is 0 Å². The summed E-state index contributed by atoms with van der Waals surface area (Å²) in [5.74, 6) is 1.28. The number of ether oxygens (including phenoxy) is 1. The van der Waals surface area contributed by atoms with Gasteiger partial charge in [-0.25, -0.2) is 4.98 Å². The molecule has 1 aliphatic rings. The van der Waals surface area contributed by atoms with E-state index < -0.39 is 0 Å². The van der Waals surface area contributed by atoms with Gasteiger partial charge in [0.25, 0.3) is 5.56 Å². The first-order chi connectivity index (χ1) is 12.0. The number of amides is 1. The second-order valence-electron chi connectivity index (χ2n) is 6.23. The topological polar surface area (TPSA) is 87.3 Å². The van der Waals surface area contributed by atoms with Gasteiger partial charge in [-0.1, -0.05) is 18.2 Å². The van der Waals surface area contributed by atoms with Gasteiger partial charge in [0.05, 0.1) is 5.69 Å². The third-order valence-electron chi connectivity index (χ3n) is 4.16. The van der Waals surface area contributed by atoms with Crippen LogP contribution >= 0.6 is 0 Å². The van der Waals surface area contributed by atoms with Gasteiger partial charge in [-0.3, -0.25) is 14.6 Å². The lowest BCUT2D eigenvalue weighted by Gasteiger charge is -2.11. The number of anilines is 1. The van der Waals surface area contributed by atoms with Gasteiger partial charge in [-0.2, -0.15) is 0 Å². The van der Waals surface area contributed by atoms with Crippen LogP contribution < -0.4 is 15.6 Å². The summed E-state index contributed by atoms with van der Waals surface area (Å²) in [5.41, 5.74) is 2.11. The molecule has 2 heterocycles. The minimum absolute atomic E-state index is 0.0799. The molecule has 0 saturated heterocycles. The van der Waals surface area contributed by atoms with Crippen LogP contribution in [0, 0.1) is 0 Å². The molecular weight excluding hydrogens is 320 g/mol. The van der Waals surface area contributed by atoms with Crippen LogP contribution in [0.15, 0.2) is 29.1 Å². The van der Waals surface area contributed by atoms with Gasteiger partial charge >= 0.3 is 0 Å². The Balaban J connectivity index is 1.68. The molecular formula is C18H22N4O3. The zero-order valence-corrected chi connectivity index (χ0v) is 14.5. The van der Waals surface area contributed by atoms with Gasteiger partial charge < -0.3 is 15.0 Å². The van der Waals surface area contributed by atoms with Crippen LogP contribution in [-0.2, 0) is 17.8 Å². The molecule has 7 heteroatoms. The number of nitrogens with one attached hydrogen (secondary N) is 2. The molecule has 0 aliphatic carbocycles. The Labute approximate surface area is 146 Å². The van der Waals surface area contributed by atoms with Crippen molar-refractivity contribution in [2.75, 3.05) is 26.0 Å². The van der Waals surface area contributed by atoms with E-state index >= 15 is 0 Å². The maximum Gasteiger partial charge on any atom is 0.256 e. The predicted molar refractivity (Wildman–Crippen MR) is 94.9 cm³/mol. The van der Waals surface area contributed by atoms with E-state index in [0.717, 1.165) is 11.3 Å². The molecule has 0 spiro atoms. The van der Waals surface area contributed by atoms with Gasteiger partial charge in [0.1, 0.15) is 12.4 Å². The lowest BCUT2D eigenvalue weighted by molar-refractivity contribution is -0.128. The zero-order chi connectivity index (χ0) is 17.8. The predicted octanol–water partition coefficient (Wildman–Crippen LogP) is 1.53. The van der Waals surface area contributed by atoms with Crippen LogP contribution in [-0.4, -0.2) is 41.4 Å². The minimum atomic E-state index is -0.155. The van der Waals surface area contributed by atoms with Crippen molar-refractivity contribution in [2.24, 2.45) is 0 Å². The Morgan fingerprint density at radius 3 is 2.96 bits per heavy atom. The molecule has 25 heavy (non-hydrogen) atoms. The van der Waals surface area contributed by atoms with E-state index in [1.54, 1.807) is 19.0 Å². The molecule has 0 radical (unpaired) electrons. The van der Waals surface area contributed by atoms with E-state index in [9.17, 15) is 9.59 Å². The standard InChI is InChI=1S/C18H22N4O3/c1-22(2)16(23)8-5-9-19-18-20-14-11-25-15-7-4-3-6-12(15)10-13(14)17(24)21-18/h3-4,6-7H,5,8-11H2,1-2H3,(H2,19,20,21,24). The van der Waals surface area contributed by atoms with Crippen LogP contribution in [0.3, 0.4) is 0 Å². The first-order valence-corrected chi connectivity index (χ1v) is 8.31. The average molecular weight is 342 g/mol. The number of nitrogens with zero attached hydrogens (tertiary/aromatic N) is 2. The lowest BCUT2D eigenvalue weighted by atomic mass is 10.1. The van der Waals surface area contributed by atoms with Crippen molar-refractivity contribution in [3.05, 3.63) is 51.4 Å². The first-order valence-electron chi connectivity index (χ1n) is 8.31. The van der Waals surface area contributed by atoms with Crippen LogP contribution in [0.1, 0.15) is 29.7 Å². The Morgan fingerprint density at radius 2 is 2.16 bits per heavy atom. The first kappa shape index (κ1) is 17.0. The molecule has 0 unspecified atom stereocenters. The van der Waals surface area contributed by atoms with Crippen LogP contribution in [0.2, 0.25) is 0 Å². The van der Waals surface area contributed by atoms with E-state index in [-0.39, 0.29) is 18.1 Å². The fourth-order valence-electron chi connectivity index (χ4n) is 2.73.